The number of hydrogen-bond donors (Lipinski definition) is 0. The third-order valence-corrected chi connectivity index (χ3v) is 3.27. The summed E-state index contributed by atoms with van der Waals surface area (Å²) in [5, 5.41) is 0.727. The largest absolute Gasteiger partial charge is 0.302 e. The van der Waals surface area contributed by atoms with E-state index in [1.54, 1.807) is 0 Å². The third-order valence-electron chi connectivity index (χ3n) is 3.05. The van der Waals surface area contributed by atoms with E-state index in [1.165, 1.54) is 11.1 Å². The second kappa shape index (κ2) is 4.46. The SMILES string of the molecule is Cc1ccc(Cc2ncc3ccc(Cl)cn23)cc1. The fourth-order valence-electron chi connectivity index (χ4n) is 2.04. The van der Waals surface area contributed by atoms with Gasteiger partial charge in [0.05, 0.1) is 16.7 Å². The van der Waals surface area contributed by atoms with E-state index in [2.05, 4.69) is 36.2 Å². The van der Waals surface area contributed by atoms with Gasteiger partial charge in [0.15, 0.2) is 0 Å². The second-order valence-corrected chi connectivity index (χ2v) is 4.92. The Morgan fingerprint density at radius 3 is 2.67 bits per heavy atom. The molecule has 2 nitrogen and oxygen atoms in total. The Morgan fingerprint density at radius 2 is 1.89 bits per heavy atom. The van der Waals surface area contributed by atoms with Crippen molar-refractivity contribution in [2.75, 3.05) is 0 Å². The molecule has 0 unspecified atom stereocenters. The van der Waals surface area contributed by atoms with Crippen molar-refractivity contribution in [1.82, 2.24) is 9.38 Å². The van der Waals surface area contributed by atoms with Crippen LogP contribution in [0, 0.1) is 6.92 Å². The van der Waals surface area contributed by atoms with Crippen LogP contribution in [0.15, 0.2) is 48.8 Å². The van der Waals surface area contributed by atoms with Crippen molar-refractivity contribution >= 4 is 17.1 Å². The standard InChI is InChI=1S/C15H13ClN2/c1-11-2-4-12(5-3-11)8-15-17-9-14-7-6-13(16)10-18(14)15/h2-7,9-10H,8H2,1H3. The number of imidazole rings is 1. The molecule has 1 aromatic carbocycles. The first-order valence-corrected chi connectivity index (χ1v) is 6.27. The molecule has 0 aliphatic rings. The van der Waals surface area contributed by atoms with Crippen molar-refractivity contribution in [3.05, 3.63) is 70.8 Å². The van der Waals surface area contributed by atoms with Gasteiger partial charge < -0.3 is 4.40 Å². The Labute approximate surface area is 111 Å². The van der Waals surface area contributed by atoms with E-state index in [9.17, 15) is 0 Å². The molecule has 3 rings (SSSR count). The molecule has 0 radical (unpaired) electrons. The van der Waals surface area contributed by atoms with Crippen LogP contribution in [-0.4, -0.2) is 9.38 Å². The lowest BCUT2D eigenvalue weighted by Crippen LogP contribution is -1.96. The Hall–Kier alpha value is -1.80. The number of rotatable bonds is 2. The van der Waals surface area contributed by atoms with Gasteiger partial charge in [0, 0.05) is 12.6 Å². The van der Waals surface area contributed by atoms with Crippen LogP contribution in [-0.2, 0) is 6.42 Å². The zero-order valence-corrected chi connectivity index (χ0v) is 10.9. The summed E-state index contributed by atoms with van der Waals surface area (Å²) in [6.45, 7) is 2.09. The van der Waals surface area contributed by atoms with Crippen LogP contribution in [0.3, 0.4) is 0 Å². The lowest BCUT2D eigenvalue weighted by molar-refractivity contribution is 0.961. The number of hydrogen-bond acceptors (Lipinski definition) is 1. The van der Waals surface area contributed by atoms with Gasteiger partial charge in [0.1, 0.15) is 5.82 Å². The topological polar surface area (TPSA) is 17.3 Å². The zero-order valence-electron chi connectivity index (χ0n) is 10.1. The van der Waals surface area contributed by atoms with Crippen LogP contribution in [0.5, 0.6) is 0 Å². The molecule has 3 aromatic rings. The first kappa shape index (κ1) is 11.3. The molecule has 2 heterocycles. The van der Waals surface area contributed by atoms with Gasteiger partial charge in [-0.25, -0.2) is 4.98 Å². The van der Waals surface area contributed by atoms with Gasteiger partial charge in [-0.2, -0.15) is 0 Å². The summed E-state index contributed by atoms with van der Waals surface area (Å²) in [5.74, 6) is 1.01. The Bertz CT molecular complexity index is 683. The van der Waals surface area contributed by atoms with Gasteiger partial charge >= 0.3 is 0 Å². The van der Waals surface area contributed by atoms with Crippen molar-refractivity contribution in [1.29, 1.82) is 0 Å². The van der Waals surface area contributed by atoms with Crippen LogP contribution in [0.25, 0.3) is 5.52 Å². The van der Waals surface area contributed by atoms with E-state index in [-0.39, 0.29) is 0 Å². The molecule has 0 N–H and O–H groups in total. The highest BCUT2D eigenvalue weighted by molar-refractivity contribution is 6.30. The minimum absolute atomic E-state index is 0.727. The number of nitrogens with zero attached hydrogens (tertiary/aromatic N) is 2. The highest BCUT2D eigenvalue weighted by Gasteiger charge is 2.05. The summed E-state index contributed by atoms with van der Waals surface area (Å²) in [5.41, 5.74) is 3.60. The average Bonchev–Trinajstić information content (AvgIpc) is 2.75. The molecule has 0 saturated carbocycles. The lowest BCUT2D eigenvalue weighted by atomic mass is 10.1. The van der Waals surface area contributed by atoms with Crippen LogP contribution < -0.4 is 0 Å². The van der Waals surface area contributed by atoms with Crippen molar-refractivity contribution in [3.8, 4) is 0 Å². The lowest BCUT2D eigenvalue weighted by Gasteiger charge is -2.03. The first-order chi connectivity index (χ1) is 8.72. The average molecular weight is 257 g/mol. The van der Waals surface area contributed by atoms with E-state index in [0.717, 1.165) is 22.8 Å². The number of halogens is 1. The predicted molar refractivity (Wildman–Crippen MR) is 74.2 cm³/mol. The number of benzene rings is 1. The van der Waals surface area contributed by atoms with Crippen LogP contribution >= 0.6 is 11.6 Å². The van der Waals surface area contributed by atoms with Crippen molar-refractivity contribution in [2.45, 2.75) is 13.3 Å². The van der Waals surface area contributed by atoms with Gasteiger partial charge in [0.2, 0.25) is 0 Å². The summed E-state index contributed by atoms with van der Waals surface area (Å²) in [7, 11) is 0. The molecule has 90 valence electrons. The molecular weight excluding hydrogens is 244 g/mol. The van der Waals surface area contributed by atoms with Crippen LogP contribution in [0.2, 0.25) is 5.02 Å². The summed E-state index contributed by atoms with van der Waals surface area (Å²) < 4.78 is 2.04. The third kappa shape index (κ3) is 2.12. The Morgan fingerprint density at radius 1 is 1.11 bits per heavy atom. The van der Waals surface area contributed by atoms with Crippen LogP contribution in [0.1, 0.15) is 17.0 Å². The minimum atomic E-state index is 0.727. The maximum absolute atomic E-state index is 6.02. The van der Waals surface area contributed by atoms with Gasteiger partial charge in [-0.3, -0.25) is 0 Å². The number of aromatic nitrogens is 2. The van der Waals surface area contributed by atoms with Crippen molar-refractivity contribution in [3.63, 3.8) is 0 Å². The molecule has 0 saturated heterocycles. The van der Waals surface area contributed by atoms with E-state index in [4.69, 9.17) is 11.6 Å². The Balaban J connectivity index is 1.99. The molecule has 0 amide bonds. The first-order valence-electron chi connectivity index (χ1n) is 5.89. The highest BCUT2D eigenvalue weighted by atomic mass is 35.5. The molecule has 0 aliphatic carbocycles. The zero-order chi connectivity index (χ0) is 12.5. The normalized spacial score (nSPS) is 11.0. The van der Waals surface area contributed by atoms with Crippen molar-refractivity contribution < 1.29 is 0 Å². The van der Waals surface area contributed by atoms with Crippen LogP contribution in [0.4, 0.5) is 0 Å². The fraction of sp³-hybridized carbons (Fsp3) is 0.133. The molecule has 0 atom stereocenters. The fourth-order valence-corrected chi connectivity index (χ4v) is 2.20. The molecule has 2 aromatic heterocycles. The smallest absolute Gasteiger partial charge is 0.117 e. The van der Waals surface area contributed by atoms with Crippen molar-refractivity contribution in [2.24, 2.45) is 0 Å². The predicted octanol–water partition coefficient (Wildman–Crippen LogP) is 3.89. The van der Waals surface area contributed by atoms with Gasteiger partial charge in [-0.05, 0) is 24.6 Å². The van der Waals surface area contributed by atoms with Gasteiger partial charge in [-0.15, -0.1) is 0 Å². The quantitative estimate of drug-likeness (QED) is 0.680. The molecule has 18 heavy (non-hydrogen) atoms. The van der Waals surface area contributed by atoms with E-state index in [0.29, 0.717) is 0 Å². The second-order valence-electron chi connectivity index (χ2n) is 4.48. The molecular formula is C15H13ClN2. The Kier molecular flexibility index (Phi) is 2.80. The summed E-state index contributed by atoms with van der Waals surface area (Å²) in [6, 6.07) is 12.4. The number of aryl methyl sites for hydroxylation is 1. The molecule has 3 heteroatoms. The summed E-state index contributed by atoms with van der Waals surface area (Å²) in [4.78, 5) is 4.46. The maximum Gasteiger partial charge on any atom is 0.117 e. The molecule has 0 bridgehead atoms. The molecule has 0 fully saturated rings. The van der Waals surface area contributed by atoms with E-state index in [1.807, 2.05) is 28.9 Å². The molecule has 0 aliphatic heterocycles. The number of fused-ring (bicyclic) bond motifs is 1. The van der Waals surface area contributed by atoms with Gasteiger partial charge in [0.25, 0.3) is 0 Å². The van der Waals surface area contributed by atoms with E-state index >= 15 is 0 Å². The maximum atomic E-state index is 6.02. The minimum Gasteiger partial charge on any atom is -0.302 e. The van der Waals surface area contributed by atoms with Gasteiger partial charge in [-0.1, -0.05) is 41.4 Å². The summed E-state index contributed by atoms with van der Waals surface area (Å²) >= 11 is 6.02. The monoisotopic (exact) mass is 256 g/mol. The highest BCUT2D eigenvalue weighted by Crippen LogP contribution is 2.16. The number of pyridine rings is 1. The summed E-state index contributed by atoms with van der Waals surface area (Å²) in [6.07, 6.45) is 4.60. The van der Waals surface area contributed by atoms with E-state index < -0.39 is 0 Å². The molecule has 0 spiro atoms.